The Morgan fingerprint density at radius 1 is 1.07 bits per heavy atom. The highest BCUT2D eigenvalue weighted by Crippen LogP contribution is 2.24. The quantitative estimate of drug-likeness (QED) is 0.401. The summed E-state index contributed by atoms with van der Waals surface area (Å²) in [5.74, 6) is 0.239. The lowest BCUT2D eigenvalue weighted by Crippen LogP contribution is -2.17. The Labute approximate surface area is 167 Å². The maximum absolute atomic E-state index is 12.4. The van der Waals surface area contributed by atoms with Crippen LogP contribution in [0.25, 0.3) is 16.5 Å². The number of hydrogen-bond donors (Lipinski definition) is 2. The number of nitrogens with zero attached hydrogens (tertiary/aromatic N) is 2. The van der Waals surface area contributed by atoms with Gasteiger partial charge in [-0.25, -0.2) is 5.43 Å². The first-order valence-corrected chi connectivity index (χ1v) is 9.01. The highest BCUT2D eigenvalue weighted by Gasteiger charge is 2.11. The molecule has 2 N–H and O–H groups in total. The minimum absolute atomic E-state index is 0.0814. The van der Waals surface area contributed by atoms with E-state index < -0.39 is 5.91 Å². The minimum atomic E-state index is -0.473. The molecule has 0 aliphatic heterocycles. The van der Waals surface area contributed by atoms with Crippen molar-refractivity contribution in [1.82, 2.24) is 9.99 Å². The topological polar surface area (TPSA) is 75.8 Å². The number of carbonyl (C=O) groups is 1. The number of rotatable bonds is 5. The minimum Gasteiger partial charge on any atom is -0.507 e. The molecule has 6 nitrogen and oxygen atoms in total. The van der Waals surface area contributed by atoms with E-state index in [0.29, 0.717) is 0 Å². The van der Waals surface area contributed by atoms with Crippen molar-refractivity contribution in [2.45, 2.75) is 0 Å². The number of methoxy groups -OCH3 is 1. The molecule has 0 aliphatic carbocycles. The van der Waals surface area contributed by atoms with Crippen molar-refractivity contribution < 1.29 is 14.6 Å². The Morgan fingerprint density at radius 3 is 2.52 bits per heavy atom. The monoisotopic (exact) mass is 385 g/mol. The van der Waals surface area contributed by atoms with Gasteiger partial charge >= 0.3 is 0 Å². The Morgan fingerprint density at radius 2 is 1.79 bits per heavy atom. The second-order valence-electron chi connectivity index (χ2n) is 6.47. The fraction of sp³-hybridized carbons (Fsp3) is 0.0435. The summed E-state index contributed by atoms with van der Waals surface area (Å²) in [6.07, 6.45) is 5.35. The number of aromatic nitrogens is 1. The van der Waals surface area contributed by atoms with Crippen molar-refractivity contribution in [1.29, 1.82) is 0 Å². The Kier molecular flexibility index (Phi) is 4.99. The van der Waals surface area contributed by atoms with Gasteiger partial charge in [0.25, 0.3) is 5.91 Å². The summed E-state index contributed by atoms with van der Waals surface area (Å²) in [6, 6.07) is 20.3. The number of hydrazone groups is 1. The number of ether oxygens (including phenoxy) is 1. The third-order valence-corrected chi connectivity index (χ3v) is 4.57. The molecule has 0 atom stereocenters. The highest BCUT2D eigenvalue weighted by atomic mass is 16.5. The lowest BCUT2D eigenvalue weighted by atomic mass is 10.1. The lowest BCUT2D eigenvalue weighted by Gasteiger charge is -2.05. The Balaban J connectivity index is 1.45. The molecular weight excluding hydrogens is 366 g/mol. The average molecular weight is 385 g/mol. The molecule has 4 aromatic rings. The number of phenols is 1. The molecule has 29 heavy (non-hydrogen) atoms. The van der Waals surface area contributed by atoms with Crippen molar-refractivity contribution in [2.24, 2.45) is 5.10 Å². The van der Waals surface area contributed by atoms with E-state index in [1.165, 1.54) is 0 Å². The number of nitrogens with one attached hydrogen (secondary N) is 1. The third kappa shape index (κ3) is 3.96. The fourth-order valence-electron chi connectivity index (χ4n) is 3.04. The molecular formula is C23H19N3O3. The molecule has 0 unspecified atom stereocenters. The van der Waals surface area contributed by atoms with E-state index in [1.54, 1.807) is 25.5 Å². The molecule has 0 radical (unpaired) electrons. The first-order chi connectivity index (χ1) is 14.1. The van der Waals surface area contributed by atoms with Gasteiger partial charge in [0.1, 0.15) is 11.5 Å². The number of fused-ring (bicyclic) bond motifs is 1. The van der Waals surface area contributed by atoms with Gasteiger partial charge in [-0.15, -0.1) is 0 Å². The van der Waals surface area contributed by atoms with Crippen LogP contribution in [0.5, 0.6) is 11.5 Å². The summed E-state index contributed by atoms with van der Waals surface area (Å²) in [7, 11) is 1.63. The summed E-state index contributed by atoms with van der Waals surface area (Å²) < 4.78 is 7.11. The van der Waals surface area contributed by atoms with E-state index in [1.807, 2.05) is 71.6 Å². The van der Waals surface area contributed by atoms with Gasteiger partial charge in [-0.05, 0) is 53.2 Å². The highest BCUT2D eigenvalue weighted by molar-refractivity contribution is 6.01. The van der Waals surface area contributed by atoms with Crippen molar-refractivity contribution in [3.05, 3.63) is 90.3 Å². The van der Waals surface area contributed by atoms with Crippen molar-refractivity contribution in [2.75, 3.05) is 7.11 Å². The second-order valence-corrected chi connectivity index (χ2v) is 6.47. The molecule has 1 aromatic heterocycles. The number of phenolic OH excluding ortho intramolecular Hbond substituents is 1. The molecule has 1 amide bonds. The number of hydrogen-bond acceptors (Lipinski definition) is 4. The number of amides is 1. The van der Waals surface area contributed by atoms with Gasteiger partial charge < -0.3 is 14.4 Å². The smallest absolute Gasteiger partial charge is 0.275 e. The van der Waals surface area contributed by atoms with E-state index >= 15 is 0 Å². The van der Waals surface area contributed by atoms with Crippen LogP contribution in [-0.4, -0.2) is 28.9 Å². The molecule has 0 saturated carbocycles. The van der Waals surface area contributed by atoms with E-state index in [-0.39, 0.29) is 11.3 Å². The molecule has 0 saturated heterocycles. The molecule has 0 aliphatic rings. The maximum Gasteiger partial charge on any atom is 0.275 e. The van der Waals surface area contributed by atoms with Crippen molar-refractivity contribution >= 4 is 22.9 Å². The Bertz CT molecular complexity index is 1190. The summed E-state index contributed by atoms with van der Waals surface area (Å²) in [6.45, 7) is 0. The molecule has 3 aromatic carbocycles. The third-order valence-electron chi connectivity index (χ3n) is 4.57. The molecule has 0 fully saturated rings. The summed E-state index contributed by atoms with van der Waals surface area (Å²) >= 11 is 0. The molecule has 1 heterocycles. The van der Waals surface area contributed by atoms with Gasteiger partial charge in [-0.3, -0.25) is 4.79 Å². The first-order valence-electron chi connectivity index (χ1n) is 9.01. The average Bonchev–Trinajstić information content (AvgIpc) is 3.22. The van der Waals surface area contributed by atoms with Gasteiger partial charge in [0.05, 0.1) is 18.9 Å². The first kappa shape index (κ1) is 18.3. The van der Waals surface area contributed by atoms with E-state index in [0.717, 1.165) is 27.8 Å². The van der Waals surface area contributed by atoms with Crippen LogP contribution in [0.1, 0.15) is 15.9 Å². The van der Waals surface area contributed by atoms with Crippen LogP contribution in [0.2, 0.25) is 0 Å². The molecule has 0 spiro atoms. The van der Waals surface area contributed by atoms with Crippen LogP contribution in [-0.2, 0) is 0 Å². The van der Waals surface area contributed by atoms with Gasteiger partial charge in [-0.2, -0.15) is 5.10 Å². The summed E-state index contributed by atoms with van der Waals surface area (Å²) in [5, 5.41) is 15.9. The normalized spacial score (nSPS) is 11.1. The predicted octanol–water partition coefficient (Wildman–Crippen LogP) is 4.11. The Hall–Kier alpha value is -4.06. The number of benzene rings is 3. The van der Waals surface area contributed by atoms with Crippen LogP contribution in [0.4, 0.5) is 0 Å². The van der Waals surface area contributed by atoms with Gasteiger partial charge in [-0.1, -0.05) is 24.3 Å². The van der Waals surface area contributed by atoms with Crippen LogP contribution in [0.15, 0.2) is 84.2 Å². The molecule has 6 heteroatoms. The standard InChI is InChI=1S/C23H19N3O3/c1-29-20-8-6-19(7-9-20)26-11-10-16(15-26)14-24-25-23(28)21-12-17-4-2-3-5-18(17)13-22(21)27/h2-15,27H,1H3,(H,25,28)/b24-14-. The summed E-state index contributed by atoms with van der Waals surface area (Å²) in [4.78, 5) is 12.4. The zero-order valence-corrected chi connectivity index (χ0v) is 15.7. The van der Waals surface area contributed by atoms with E-state index in [4.69, 9.17) is 4.74 Å². The van der Waals surface area contributed by atoms with Crippen LogP contribution in [0.3, 0.4) is 0 Å². The van der Waals surface area contributed by atoms with Gasteiger partial charge in [0, 0.05) is 23.6 Å². The SMILES string of the molecule is COc1ccc(-n2ccc(/C=N\NC(=O)c3cc4ccccc4cc3O)c2)cc1. The second kappa shape index (κ2) is 7.90. The van der Waals surface area contributed by atoms with Crippen LogP contribution < -0.4 is 10.2 Å². The zero-order chi connectivity index (χ0) is 20.2. The van der Waals surface area contributed by atoms with E-state index in [2.05, 4.69) is 10.5 Å². The molecule has 0 bridgehead atoms. The van der Waals surface area contributed by atoms with Crippen molar-refractivity contribution in [3.8, 4) is 17.2 Å². The molecule has 4 rings (SSSR count). The number of carbonyl (C=O) groups excluding carboxylic acids is 1. The lowest BCUT2D eigenvalue weighted by molar-refractivity contribution is 0.0952. The number of aromatic hydroxyl groups is 1. The zero-order valence-electron chi connectivity index (χ0n) is 15.7. The van der Waals surface area contributed by atoms with E-state index in [9.17, 15) is 9.90 Å². The molecule has 144 valence electrons. The maximum atomic E-state index is 12.4. The van der Waals surface area contributed by atoms with Crippen LogP contribution in [0, 0.1) is 0 Å². The van der Waals surface area contributed by atoms with Crippen LogP contribution >= 0.6 is 0 Å². The summed E-state index contributed by atoms with van der Waals surface area (Å²) in [5.41, 5.74) is 4.44. The van der Waals surface area contributed by atoms with Gasteiger partial charge in [0.2, 0.25) is 0 Å². The van der Waals surface area contributed by atoms with Gasteiger partial charge in [0.15, 0.2) is 0 Å². The largest absolute Gasteiger partial charge is 0.507 e. The van der Waals surface area contributed by atoms with Crippen molar-refractivity contribution in [3.63, 3.8) is 0 Å². The predicted molar refractivity (Wildman–Crippen MR) is 113 cm³/mol. The fourth-order valence-corrected chi connectivity index (χ4v) is 3.04.